The maximum absolute atomic E-state index is 10.8. The van der Waals surface area contributed by atoms with Gasteiger partial charge in [-0.3, -0.25) is 14.6 Å². The van der Waals surface area contributed by atoms with E-state index in [1.165, 1.54) is 0 Å². The second-order valence-electron chi connectivity index (χ2n) is 2.27. The van der Waals surface area contributed by atoms with Crippen LogP contribution < -0.4 is 0 Å². The van der Waals surface area contributed by atoms with E-state index in [2.05, 4.69) is 4.52 Å². The summed E-state index contributed by atoms with van der Waals surface area (Å²) in [5, 5.41) is 8.86. The second-order valence-corrected chi connectivity index (χ2v) is 3.46. The van der Waals surface area contributed by atoms with Crippen molar-refractivity contribution in [2.45, 2.75) is 19.8 Å². The monoisotopic (exact) mass is 210 g/mol. The molecule has 0 rings (SSSR count). The van der Waals surface area contributed by atoms with Gasteiger partial charge >= 0.3 is 7.82 Å². The number of ketones is 1. The number of phosphoric ester groups is 1. The van der Waals surface area contributed by atoms with Gasteiger partial charge in [0.25, 0.3) is 0 Å². The number of carbonyl (C=O) groups excluding carboxylic acids is 1. The number of hydrogen-bond donors (Lipinski definition) is 3. The molecule has 0 unspecified atom stereocenters. The van der Waals surface area contributed by atoms with Gasteiger partial charge in [-0.15, -0.1) is 0 Å². The minimum Gasteiger partial charge on any atom is -0.502 e. The van der Waals surface area contributed by atoms with Gasteiger partial charge in [-0.1, -0.05) is 6.92 Å². The molecule has 0 aliphatic heterocycles. The number of phosphoric acid groups is 1. The molecular formula is C6H11O6P. The van der Waals surface area contributed by atoms with Crippen molar-refractivity contribution >= 4 is 13.6 Å². The highest BCUT2D eigenvalue weighted by Crippen LogP contribution is 2.36. The first-order chi connectivity index (χ1) is 5.87. The molecule has 6 nitrogen and oxygen atoms in total. The smallest absolute Gasteiger partial charge is 0.502 e. The third kappa shape index (κ3) is 6.33. The van der Waals surface area contributed by atoms with Crippen molar-refractivity contribution in [3.63, 3.8) is 0 Å². The maximum Gasteiger partial charge on any atom is 0.524 e. The highest BCUT2D eigenvalue weighted by Gasteiger charge is 2.14. The lowest BCUT2D eigenvalue weighted by Gasteiger charge is -2.01. The Morgan fingerprint density at radius 3 is 2.46 bits per heavy atom. The first kappa shape index (κ1) is 12.2. The summed E-state index contributed by atoms with van der Waals surface area (Å²) < 4.78 is 13.9. The Kier molecular flexibility index (Phi) is 4.69. The van der Waals surface area contributed by atoms with Crippen LogP contribution in [0.5, 0.6) is 0 Å². The molecule has 0 aromatic carbocycles. The fraction of sp³-hybridized carbons (Fsp3) is 0.500. The SMILES string of the molecule is CCCC(=O)C(O)=COP(=O)(O)O. The zero-order valence-corrected chi connectivity index (χ0v) is 7.90. The lowest BCUT2D eigenvalue weighted by molar-refractivity contribution is -0.118. The van der Waals surface area contributed by atoms with E-state index in [0.717, 1.165) is 0 Å². The number of rotatable bonds is 5. The molecule has 0 heterocycles. The predicted molar refractivity (Wildman–Crippen MR) is 43.8 cm³/mol. The first-order valence-corrected chi connectivity index (χ1v) is 5.06. The van der Waals surface area contributed by atoms with E-state index >= 15 is 0 Å². The molecule has 7 heteroatoms. The summed E-state index contributed by atoms with van der Waals surface area (Å²) in [6.45, 7) is 1.73. The molecule has 76 valence electrons. The molecule has 0 radical (unpaired) electrons. The summed E-state index contributed by atoms with van der Waals surface area (Å²) in [6, 6.07) is 0. The lowest BCUT2D eigenvalue weighted by Crippen LogP contribution is -2.01. The third-order valence-electron chi connectivity index (χ3n) is 1.06. The molecule has 0 aromatic heterocycles. The molecule has 0 fully saturated rings. The first-order valence-electron chi connectivity index (χ1n) is 3.53. The van der Waals surface area contributed by atoms with Gasteiger partial charge in [0.05, 0.1) is 0 Å². The zero-order valence-electron chi connectivity index (χ0n) is 7.01. The van der Waals surface area contributed by atoms with Crippen LogP contribution in [0.1, 0.15) is 19.8 Å². The quantitative estimate of drug-likeness (QED) is 0.353. The Bertz CT molecular complexity index is 252. The van der Waals surface area contributed by atoms with Gasteiger partial charge in [-0.25, -0.2) is 4.57 Å². The van der Waals surface area contributed by atoms with Gasteiger partial charge in [0.15, 0.2) is 11.5 Å². The summed E-state index contributed by atoms with van der Waals surface area (Å²) in [7, 11) is -4.67. The number of aliphatic hydroxyl groups is 1. The van der Waals surface area contributed by atoms with Crippen LogP contribution in [0.2, 0.25) is 0 Å². The summed E-state index contributed by atoms with van der Waals surface area (Å²) in [5.74, 6) is -1.40. The molecule has 0 spiro atoms. The summed E-state index contributed by atoms with van der Waals surface area (Å²) in [5.41, 5.74) is 0. The van der Waals surface area contributed by atoms with Crippen LogP contribution in [0.3, 0.4) is 0 Å². The molecule has 13 heavy (non-hydrogen) atoms. The van der Waals surface area contributed by atoms with E-state index in [-0.39, 0.29) is 6.42 Å². The number of hydrogen-bond acceptors (Lipinski definition) is 4. The van der Waals surface area contributed by atoms with Crippen LogP contribution in [0.4, 0.5) is 0 Å². The van der Waals surface area contributed by atoms with Crippen molar-refractivity contribution in [3.05, 3.63) is 12.0 Å². The maximum atomic E-state index is 10.8. The van der Waals surface area contributed by atoms with E-state index in [1.54, 1.807) is 6.92 Å². The Hall–Kier alpha value is -0.840. The van der Waals surface area contributed by atoms with Crippen LogP contribution in [0.15, 0.2) is 12.0 Å². The van der Waals surface area contributed by atoms with E-state index in [4.69, 9.17) is 14.9 Å². The number of allylic oxidation sites excluding steroid dienone is 1. The van der Waals surface area contributed by atoms with Crippen molar-refractivity contribution in [1.29, 1.82) is 0 Å². The molecule has 0 amide bonds. The van der Waals surface area contributed by atoms with Gasteiger partial charge in [-0.2, -0.15) is 0 Å². The van der Waals surface area contributed by atoms with E-state index in [0.29, 0.717) is 12.7 Å². The van der Waals surface area contributed by atoms with Crippen LogP contribution >= 0.6 is 7.82 Å². The minimum atomic E-state index is -4.67. The Labute approximate surface area is 75.1 Å². The summed E-state index contributed by atoms with van der Waals surface area (Å²) in [6.07, 6.45) is 0.998. The largest absolute Gasteiger partial charge is 0.524 e. The molecular weight excluding hydrogens is 199 g/mol. The zero-order chi connectivity index (χ0) is 10.5. The van der Waals surface area contributed by atoms with Crippen molar-refractivity contribution in [1.82, 2.24) is 0 Å². The van der Waals surface area contributed by atoms with Gasteiger partial charge in [0.2, 0.25) is 0 Å². The Balaban J connectivity index is 4.17. The van der Waals surface area contributed by atoms with E-state index in [9.17, 15) is 9.36 Å². The number of Topliss-reactive ketones (excluding diaryl/α,β-unsaturated/α-hetero) is 1. The van der Waals surface area contributed by atoms with E-state index in [1.807, 2.05) is 0 Å². The normalized spacial score (nSPS) is 12.7. The van der Waals surface area contributed by atoms with Crippen LogP contribution in [-0.4, -0.2) is 20.7 Å². The predicted octanol–water partition coefficient (Wildman–Crippen LogP) is 0.864. The number of carbonyl (C=O) groups is 1. The summed E-state index contributed by atoms with van der Waals surface area (Å²) >= 11 is 0. The molecule has 0 bridgehead atoms. The molecule has 0 aliphatic rings. The van der Waals surface area contributed by atoms with Gasteiger partial charge in [-0.05, 0) is 6.42 Å². The fourth-order valence-corrected chi connectivity index (χ4v) is 0.777. The number of aliphatic hydroxyl groups excluding tert-OH is 1. The molecule has 0 saturated carbocycles. The lowest BCUT2D eigenvalue weighted by atomic mass is 10.2. The minimum absolute atomic E-state index is 0.104. The average Bonchev–Trinajstić information content (AvgIpc) is 1.99. The van der Waals surface area contributed by atoms with E-state index < -0.39 is 19.4 Å². The van der Waals surface area contributed by atoms with Gasteiger partial charge in [0, 0.05) is 6.42 Å². The Morgan fingerprint density at radius 2 is 2.08 bits per heavy atom. The van der Waals surface area contributed by atoms with Crippen molar-refractivity contribution < 1.29 is 28.8 Å². The van der Waals surface area contributed by atoms with Crippen LogP contribution in [0.25, 0.3) is 0 Å². The van der Waals surface area contributed by atoms with Gasteiger partial charge in [0.1, 0.15) is 6.26 Å². The Morgan fingerprint density at radius 1 is 1.54 bits per heavy atom. The molecule has 0 aromatic rings. The highest BCUT2D eigenvalue weighted by atomic mass is 31.2. The van der Waals surface area contributed by atoms with Crippen LogP contribution in [0, 0.1) is 0 Å². The molecule has 0 aliphatic carbocycles. The van der Waals surface area contributed by atoms with Crippen molar-refractivity contribution in [2.75, 3.05) is 0 Å². The van der Waals surface area contributed by atoms with Crippen molar-refractivity contribution in [3.8, 4) is 0 Å². The topological polar surface area (TPSA) is 104 Å². The van der Waals surface area contributed by atoms with Crippen molar-refractivity contribution in [2.24, 2.45) is 0 Å². The second kappa shape index (κ2) is 5.01. The van der Waals surface area contributed by atoms with Gasteiger partial charge < -0.3 is 9.63 Å². The average molecular weight is 210 g/mol. The summed E-state index contributed by atoms with van der Waals surface area (Å²) in [4.78, 5) is 27.2. The van der Waals surface area contributed by atoms with Crippen LogP contribution in [-0.2, 0) is 13.9 Å². The molecule has 0 saturated heterocycles. The standard InChI is InChI=1S/C6H11O6P/c1-2-3-5(7)6(8)4-12-13(9,10)11/h4,8H,2-3H2,1H3,(H2,9,10,11). The molecule has 0 atom stereocenters. The third-order valence-corrected chi connectivity index (χ3v) is 1.44. The highest BCUT2D eigenvalue weighted by molar-refractivity contribution is 7.46. The fourth-order valence-electron chi connectivity index (χ4n) is 0.539. The molecule has 3 N–H and O–H groups in total.